The van der Waals surface area contributed by atoms with Crippen molar-refractivity contribution in [3.8, 4) is 0 Å². The number of carbonyl (C=O) groups is 2. The molecule has 0 spiro atoms. The fourth-order valence-electron chi connectivity index (χ4n) is 7.01. The number of rotatable bonds is 45. The molecule has 0 saturated heterocycles. The Hall–Kier alpha value is -1.99. The van der Waals surface area contributed by atoms with Crippen LogP contribution in [0.5, 0.6) is 0 Å². The standard InChI is InChI=1S/C50H91O8P/c1-3-5-7-9-11-13-15-17-19-21-23-24-25-27-28-30-32-34-36-38-40-42-44-49(51)56-46-48(47-57-59(53,54)55)58-50(52)45-43-41-39-37-35-33-31-29-26-22-20-18-16-14-12-10-8-6-4-2/h6,8,12,14,18,20,26,29,48H,3-5,7,9-11,13,15-17,19,21-25,27-28,30-47H2,1-2H3,(H2,53,54,55)/b8-6-,14-12-,20-18-,29-26-. The Labute approximate surface area is 363 Å². The van der Waals surface area contributed by atoms with Crippen molar-refractivity contribution in [2.24, 2.45) is 0 Å². The molecule has 0 radical (unpaired) electrons. The number of ether oxygens (including phenoxy) is 2. The van der Waals surface area contributed by atoms with Crippen molar-refractivity contribution in [2.45, 2.75) is 245 Å². The van der Waals surface area contributed by atoms with Crippen LogP contribution in [0.3, 0.4) is 0 Å². The predicted octanol–water partition coefficient (Wildman–Crippen LogP) is 15.5. The van der Waals surface area contributed by atoms with Gasteiger partial charge in [0.2, 0.25) is 0 Å². The molecular formula is C50H91O8P. The first-order valence-corrected chi connectivity index (χ1v) is 26.0. The summed E-state index contributed by atoms with van der Waals surface area (Å²) in [5, 5.41) is 0. The van der Waals surface area contributed by atoms with E-state index in [4.69, 9.17) is 19.3 Å². The SMILES string of the molecule is CC/C=C\C/C=C\C/C=C\C/C=C\CCCCCCCCC(=O)OC(COC(=O)CCCCCCCCCCCCCCCCCCCCCCCC)COP(=O)(O)O. The maximum absolute atomic E-state index is 12.5. The molecule has 1 unspecified atom stereocenters. The number of hydrogen-bond acceptors (Lipinski definition) is 6. The summed E-state index contributed by atoms with van der Waals surface area (Å²) in [6.07, 6.45) is 57.0. The minimum absolute atomic E-state index is 0.196. The molecule has 0 fully saturated rings. The van der Waals surface area contributed by atoms with Crippen LogP contribution in [0.1, 0.15) is 239 Å². The van der Waals surface area contributed by atoms with Crippen molar-refractivity contribution in [1.29, 1.82) is 0 Å². The van der Waals surface area contributed by atoms with E-state index in [-0.39, 0.29) is 19.4 Å². The molecule has 2 N–H and O–H groups in total. The smallest absolute Gasteiger partial charge is 0.462 e. The quantitative estimate of drug-likeness (QED) is 0.0269. The summed E-state index contributed by atoms with van der Waals surface area (Å²) in [5.41, 5.74) is 0. The highest BCUT2D eigenvalue weighted by Gasteiger charge is 2.23. The first kappa shape index (κ1) is 57.0. The van der Waals surface area contributed by atoms with Gasteiger partial charge in [0.1, 0.15) is 6.61 Å². The van der Waals surface area contributed by atoms with Gasteiger partial charge in [-0.05, 0) is 51.4 Å². The van der Waals surface area contributed by atoms with Crippen molar-refractivity contribution >= 4 is 19.8 Å². The minimum Gasteiger partial charge on any atom is -0.462 e. The van der Waals surface area contributed by atoms with Crippen LogP contribution in [-0.4, -0.2) is 41.0 Å². The van der Waals surface area contributed by atoms with Gasteiger partial charge in [0.25, 0.3) is 0 Å². The molecule has 1 atom stereocenters. The van der Waals surface area contributed by atoms with Crippen LogP contribution in [-0.2, 0) is 28.2 Å². The van der Waals surface area contributed by atoms with E-state index in [0.717, 1.165) is 83.5 Å². The van der Waals surface area contributed by atoms with E-state index in [2.05, 4.69) is 67.0 Å². The lowest BCUT2D eigenvalue weighted by atomic mass is 10.0. The van der Waals surface area contributed by atoms with E-state index >= 15 is 0 Å². The molecule has 0 rings (SSSR count). The molecule has 0 bridgehead atoms. The summed E-state index contributed by atoms with van der Waals surface area (Å²) in [6, 6.07) is 0. The second-order valence-electron chi connectivity index (χ2n) is 16.4. The van der Waals surface area contributed by atoms with Crippen LogP contribution in [0.25, 0.3) is 0 Å². The average molecular weight is 851 g/mol. The minimum atomic E-state index is -4.76. The highest BCUT2D eigenvalue weighted by molar-refractivity contribution is 7.46. The lowest BCUT2D eigenvalue weighted by Crippen LogP contribution is -2.29. The zero-order chi connectivity index (χ0) is 43.2. The van der Waals surface area contributed by atoms with Gasteiger partial charge in [-0.3, -0.25) is 14.1 Å². The molecule has 0 aliphatic rings. The van der Waals surface area contributed by atoms with Crippen molar-refractivity contribution in [3.05, 3.63) is 48.6 Å². The molecule has 0 aliphatic carbocycles. The summed E-state index contributed by atoms with van der Waals surface area (Å²) < 4.78 is 26.5. The summed E-state index contributed by atoms with van der Waals surface area (Å²) in [7, 11) is -4.76. The molecule has 0 heterocycles. The Bertz CT molecular complexity index is 1090. The molecule has 0 aromatic heterocycles. The van der Waals surface area contributed by atoms with E-state index in [0.29, 0.717) is 6.42 Å². The Morgan fingerprint density at radius 1 is 0.458 bits per heavy atom. The molecule has 9 heteroatoms. The van der Waals surface area contributed by atoms with Crippen molar-refractivity contribution in [2.75, 3.05) is 13.2 Å². The fraction of sp³-hybridized carbons (Fsp3) is 0.800. The third kappa shape index (κ3) is 48.6. The first-order valence-electron chi connectivity index (χ1n) is 24.4. The molecule has 344 valence electrons. The Morgan fingerprint density at radius 2 is 0.814 bits per heavy atom. The van der Waals surface area contributed by atoms with Gasteiger partial charge in [0.15, 0.2) is 6.10 Å². The van der Waals surface area contributed by atoms with E-state index in [9.17, 15) is 14.2 Å². The Kier molecular flexibility index (Phi) is 44.0. The van der Waals surface area contributed by atoms with Crippen LogP contribution in [0.4, 0.5) is 0 Å². The monoisotopic (exact) mass is 851 g/mol. The average Bonchev–Trinajstić information content (AvgIpc) is 3.21. The third-order valence-corrected chi connectivity index (χ3v) is 11.1. The van der Waals surface area contributed by atoms with E-state index in [1.807, 2.05) is 0 Å². The maximum Gasteiger partial charge on any atom is 0.469 e. The van der Waals surface area contributed by atoms with Gasteiger partial charge in [0, 0.05) is 12.8 Å². The van der Waals surface area contributed by atoms with Crippen molar-refractivity contribution in [3.63, 3.8) is 0 Å². The van der Waals surface area contributed by atoms with Crippen molar-refractivity contribution < 1.29 is 37.9 Å². The lowest BCUT2D eigenvalue weighted by molar-refractivity contribution is -0.161. The molecule has 0 aromatic rings. The van der Waals surface area contributed by atoms with Crippen LogP contribution in [0.15, 0.2) is 48.6 Å². The molecule has 0 aromatic carbocycles. The number of hydrogen-bond donors (Lipinski definition) is 2. The summed E-state index contributed by atoms with van der Waals surface area (Å²) in [6.45, 7) is 3.60. The molecule has 8 nitrogen and oxygen atoms in total. The van der Waals surface area contributed by atoms with Gasteiger partial charge in [-0.25, -0.2) is 4.57 Å². The van der Waals surface area contributed by atoms with Crippen LogP contribution in [0.2, 0.25) is 0 Å². The number of unbranched alkanes of at least 4 members (excludes halogenated alkanes) is 27. The van der Waals surface area contributed by atoms with Crippen LogP contribution < -0.4 is 0 Å². The number of allylic oxidation sites excluding steroid dienone is 8. The molecular weight excluding hydrogens is 760 g/mol. The number of esters is 2. The van der Waals surface area contributed by atoms with Crippen LogP contribution in [0, 0.1) is 0 Å². The maximum atomic E-state index is 12.5. The molecule has 0 aliphatic heterocycles. The van der Waals surface area contributed by atoms with Gasteiger partial charge < -0.3 is 19.3 Å². The molecule has 59 heavy (non-hydrogen) atoms. The van der Waals surface area contributed by atoms with Crippen LogP contribution >= 0.6 is 7.82 Å². The summed E-state index contributed by atoms with van der Waals surface area (Å²) in [5.74, 6) is -0.892. The van der Waals surface area contributed by atoms with Gasteiger partial charge in [-0.1, -0.05) is 223 Å². The number of phosphoric acid groups is 1. The summed E-state index contributed by atoms with van der Waals surface area (Å²) in [4.78, 5) is 43.0. The second-order valence-corrected chi connectivity index (χ2v) is 17.7. The first-order chi connectivity index (χ1) is 28.8. The zero-order valence-electron chi connectivity index (χ0n) is 38.2. The van der Waals surface area contributed by atoms with Gasteiger partial charge in [0.05, 0.1) is 6.61 Å². The number of carbonyl (C=O) groups excluding carboxylic acids is 2. The van der Waals surface area contributed by atoms with Gasteiger partial charge in [-0.15, -0.1) is 0 Å². The third-order valence-electron chi connectivity index (χ3n) is 10.6. The molecule has 0 saturated carbocycles. The van der Waals surface area contributed by atoms with Gasteiger partial charge in [-0.2, -0.15) is 0 Å². The second kappa shape index (κ2) is 45.5. The summed E-state index contributed by atoms with van der Waals surface area (Å²) >= 11 is 0. The van der Waals surface area contributed by atoms with Gasteiger partial charge >= 0.3 is 19.8 Å². The van der Waals surface area contributed by atoms with E-state index in [1.165, 1.54) is 122 Å². The van der Waals surface area contributed by atoms with Crippen molar-refractivity contribution in [1.82, 2.24) is 0 Å². The lowest BCUT2D eigenvalue weighted by Gasteiger charge is -2.18. The van der Waals surface area contributed by atoms with E-state index < -0.39 is 32.5 Å². The highest BCUT2D eigenvalue weighted by atomic mass is 31.2. The number of phosphoric ester groups is 1. The normalized spacial score (nSPS) is 12.8. The van der Waals surface area contributed by atoms with E-state index in [1.54, 1.807) is 0 Å². The Morgan fingerprint density at radius 3 is 1.22 bits per heavy atom. The largest absolute Gasteiger partial charge is 0.469 e. The predicted molar refractivity (Wildman–Crippen MR) is 248 cm³/mol. The zero-order valence-corrected chi connectivity index (χ0v) is 39.0. The molecule has 0 amide bonds. The topological polar surface area (TPSA) is 119 Å². The highest BCUT2D eigenvalue weighted by Crippen LogP contribution is 2.36. The fourth-order valence-corrected chi connectivity index (χ4v) is 7.37. The Balaban J connectivity index is 3.84.